The van der Waals surface area contributed by atoms with E-state index < -0.39 is 15.9 Å². The van der Waals surface area contributed by atoms with Crippen molar-refractivity contribution in [2.75, 3.05) is 18.4 Å². The quantitative estimate of drug-likeness (QED) is 0.728. The minimum absolute atomic E-state index is 0.0486. The Bertz CT molecular complexity index is 933. The molecule has 0 aromatic heterocycles. The fourth-order valence-corrected chi connectivity index (χ4v) is 4.78. The second kappa shape index (κ2) is 9.37. The third kappa shape index (κ3) is 5.22. The van der Waals surface area contributed by atoms with E-state index in [0.717, 1.165) is 31.2 Å². The molecule has 0 atom stereocenters. The smallest absolute Gasteiger partial charge is 0.267 e. The zero-order valence-corrected chi connectivity index (χ0v) is 17.0. The molecule has 0 unspecified atom stereocenters. The van der Waals surface area contributed by atoms with Gasteiger partial charge in [0.1, 0.15) is 5.03 Å². The van der Waals surface area contributed by atoms with Gasteiger partial charge in [-0.25, -0.2) is 8.42 Å². The molecule has 2 aromatic carbocycles. The topological polar surface area (TPSA) is 66.5 Å². The van der Waals surface area contributed by atoms with Gasteiger partial charge in [0.15, 0.2) is 0 Å². The van der Waals surface area contributed by atoms with E-state index in [0.29, 0.717) is 18.8 Å². The summed E-state index contributed by atoms with van der Waals surface area (Å²) in [6.45, 7) is 1.11. The summed E-state index contributed by atoms with van der Waals surface area (Å²) in [4.78, 5) is 12.5. The molecule has 1 aliphatic rings. The van der Waals surface area contributed by atoms with Gasteiger partial charge in [0.2, 0.25) is 10.0 Å². The predicted molar refractivity (Wildman–Crippen MR) is 113 cm³/mol. The van der Waals surface area contributed by atoms with Gasteiger partial charge in [0, 0.05) is 18.8 Å². The van der Waals surface area contributed by atoms with Crippen molar-refractivity contribution in [1.82, 2.24) is 4.31 Å². The maximum Gasteiger partial charge on any atom is 0.267 e. The number of sulfonamides is 1. The first-order valence-corrected chi connectivity index (χ1v) is 11.1. The van der Waals surface area contributed by atoms with E-state index >= 15 is 0 Å². The van der Waals surface area contributed by atoms with Crippen molar-refractivity contribution < 1.29 is 13.2 Å². The Morgan fingerprint density at radius 3 is 2.14 bits per heavy atom. The van der Waals surface area contributed by atoms with Gasteiger partial charge >= 0.3 is 0 Å². The van der Waals surface area contributed by atoms with Crippen molar-refractivity contribution in [3.05, 3.63) is 65.2 Å². The van der Waals surface area contributed by atoms with Crippen LogP contribution in [0.4, 0.5) is 5.69 Å². The molecule has 1 aliphatic heterocycles. The monoisotopic (exact) mass is 418 g/mol. The lowest BCUT2D eigenvalue weighted by Gasteiger charge is -2.20. The van der Waals surface area contributed by atoms with Gasteiger partial charge in [0.05, 0.1) is 4.90 Å². The highest BCUT2D eigenvalue weighted by Crippen LogP contribution is 2.22. The number of anilines is 1. The largest absolute Gasteiger partial charge is 0.321 e. The van der Waals surface area contributed by atoms with Gasteiger partial charge in [-0.15, -0.1) is 0 Å². The number of carbonyl (C=O) groups is 1. The van der Waals surface area contributed by atoms with Gasteiger partial charge in [-0.3, -0.25) is 4.79 Å². The molecule has 5 nitrogen and oxygen atoms in total. The molecule has 1 fully saturated rings. The van der Waals surface area contributed by atoms with E-state index in [1.807, 2.05) is 30.3 Å². The molecule has 1 N–H and O–H groups in total. The number of amides is 1. The molecule has 3 rings (SSSR count). The number of hydrogen-bond acceptors (Lipinski definition) is 3. The van der Waals surface area contributed by atoms with Crippen LogP contribution in [0.15, 0.2) is 64.5 Å². The molecule has 28 heavy (non-hydrogen) atoms. The highest BCUT2D eigenvalue weighted by atomic mass is 35.5. The molecule has 0 aliphatic carbocycles. The van der Waals surface area contributed by atoms with Crippen LogP contribution < -0.4 is 5.32 Å². The van der Waals surface area contributed by atoms with Crippen molar-refractivity contribution in [2.45, 2.75) is 30.6 Å². The molecular formula is C21H23ClN2O3S. The zero-order chi connectivity index (χ0) is 20.0. The average Bonchev–Trinajstić information content (AvgIpc) is 2.99. The number of nitrogens with zero attached hydrogens (tertiary/aromatic N) is 1. The van der Waals surface area contributed by atoms with Crippen LogP contribution >= 0.6 is 11.6 Å². The van der Waals surface area contributed by atoms with Crippen molar-refractivity contribution in [2.24, 2.45) is 0 Å². The van der Waals surface area contributed by atoms with Crippen LogP contribution in [0.2, 0.25) is 0 Å². The summed E-state index contributed by atoms with van der Waals surface area (Å²) < 4.78 is 27.1. The number of hydrogen-bond donors (Lipinski definition) is 1. The van der Waals surface area contributed by atoms with Crippen LogP contribution in [-0.2, 0) is 14.8 Å². The van der Waals surface area contributed by atoms with E-state index in [1.54, 1.807) is 22.5 Å². The fourth-order valence-electron chi connectivity index (χ4n) is 3.09. The lowest BCUT2D eigenvalue weighted by atomic mass is 10.2. The van der Waals surface area contributed by atoms with E-state index in [9.17, 15) is 13.2 Å². The molecular weight excluding hydrogens is 396 g/mol. The van der Waals surface area contributed by atoms with Crippen LogP contribution in [-0.4, -0.2) is 31.7 Å². The highest BCUT2D eigenvalue weighted by molar-refractivity contribution is 7.89. The molecule has 1 amide bonds. The normalized spacial score (nSPS) is 16.4. The van der Waals surface area contributed by atoms with Crippen LogP contribution in [0, 0.1) is 0 Å². The molecule has 0 spiro atoms. The molecule has 7 heteroatoms. The number of carbonyl (C=O) groups excluding carboxylic acids is 1. The lowest BCUT2D eigenvalue weighted by molar-refractivity contribution is -0.112. The summed E-state index contributed by atoms with van der Waals surface area (Å²) in [7, 11) is -3.50. The summed E-state index contributed by atoms with van der Waals surface area (Å²) >= 11 is 6.08. The Morgan fingerprint density at radius 2 is 1.54 bits per heavy atom. The molecule has 0 radical (unpaired) electrons. The van der Waals surface area contributed by atoms with Crippen molar-refractivity contribution in [1.29, 1.82) is 0 Å². The highest BCUT2D eigenvalue weighted by Gasteiger charge is 2.25. The van der Waals surface area contributed by atoms with Gasteiger partial charge in [0.25, 0.3) is 5.91 Å². The van der Waals surface area contributed by atoms with E-state index in [-0.39, 0.29) is 9.93 Å². The second-order valence-electron chi connectivity index (χ2n) is 6.70. The summed E-state index contributed by atoms with van der Waals surface area (Å²) in [5, 5.41) is 2.73. The van der Waals surface area contributed by atoms with Gasteiger partial charge in [-0.2, -0.15) is 4.31 Å². The van der Waals surface area contributed by atoms with Crippen molar-refractivity contribution in [3.63, 3.8) is 0 Å². The van der Waals surface area contributed by atoms with Crippen molar-refractivity contribution >= 4 is 39.3 Å². The standard InChI is InChI=1S/C21H23ClN2O3S/c22-20(16-17-8-4-3-5-9-17)21(25)23-18-10-12-19(13-11-18)28(26,27)24-14-6-1-2-7-15-24/h3-5,8-13,16H,1-2,6-7,14-15H2,(H,23,25). The molecule has 1 heterocycles. The van der Waals surface area contributed by atoms with Crippen LogP contribution in [0.25, 0.3) is 6.08 Å². The van der Waals surface area contributed by atoms with Crippen LogP contribution in [0.5, 0.6) is 0 Å². The minimum atomic E-state index is -3.50. The van der Waals surface area contributed by atoms with Crippen molar-refractivity contribution in [3.8, 4) is 0 Å². The third-order valence-corrected chi connectivity index (χ3v) is 6.82. The molecule has 1 saturated heterocycles. The molecule has 2 aromatic rings. The zero-order valence-electron chi connectivity index (χ0n) is 15.5. The molecule has 0 saturated carbocycles. The van der Waals surface area contributed by atoms with Gasteiger partial charge in [-0.1, -0.05) is 54.8 Å². The van der Waals surface area contributed by atoms with Gasteiger partial charge in [-0.05, 0) is 48.7 Å². The van der Waals surface area contributed by atoms with E-state index in [2.05, 4.69) is 5.32 Å². The lowest BCUT2D eigenvalue weighted by Crippen LogP contribution is -2.31. The Hall–Kier alpha value is -2.15. The molecule has 0 bridgehead atoms. The first kappa shape index (κ1) is 20.6. The Morgan fingerprint density at radius 1 is 0.929 bits per heavy atom. The maximum atomic E-state index is 12.8. The number of rotatable bonds is 5. The Balaban J connectivity index is 1.68. The number of nitrogens with one attached hydrogen (secondary N) is 1. The average molecular weight is 419 g/mol. The maximum absolute atomic E-state index is 12.8. The first-order chi connectivity index (χ1) is 13.5. The Kier molecular flexibility index (Phi) is 6.88. The Labute approximate surface area is 171 Å². The van der Waals surface area contributed by atoms with E-state index in [4.69, 9.17) is 11.6 Å². The predicted octanol–water partition coefficient (Wildman–Crippen LogP) is 4.47. The number of benzene rings is 2. The fraction of sp³-hybridized carbons (Fsp3) is 0.286. The summed E-state index contributed by atoms with van der Waals surface area (Å²) in [6, 6.07) is 15.5. The minimum Gasteiger partial charge on any atom is -0.321 e. The first-order valence-electron chi connectivity index (χ1n) is 9.30. The molecule has 148 valence electrons. The van der Waals surface area contributed by atoms with Crippen LogP contribution in [0.3, 0.4) is 0 Å². The summed E-state index contributed by atoms with van der Waals surface area (Å²) in [5.41, 5.74) is 1.31. The summed E-state index contributed by atoms with van der Waals surface area (Å²) in [6.07, 6.45) is 5.48. The third-order valence-electron chi connectivity index (χ3n) is 4.62. The second-order valence-corrected chi connectivity index (χ2v) is 9.04. The van der Waals surface area contributed by atoms with Crippen LogP contribution in [0.1, 0.15) is 31.2 Å². The van der Waals surface area contributed by atoms with Gasteiger partial charge < -0.3 is 5.32 Å². The number of halogens is 1. The SMILES string of the molecule is O=C(Nc1ccc(S(=O)(=O)N2CCCCCC2)cc1)C(Cl)=Cc1ccccc1. The summed E-state index contributed by atoms with van der Waals surface area (Å²) in [5.74, 6) is -0.450. The van der Waals surface area contributed by atoms with E-state index in [1.165, 1.54) is 12.1 Å².